The number of hydrogen-bond acceptors (Lipinski definition) is 2. The van der Waals surface area contributed by atoms with Crippen LogP contribution in [0.25, 0.3) is 0 Å². The maximum Gasteiger partial charge on any atom is 0.191 e. The number of hydrogen-bond donors (Lipinski definition) is 2. The van der Waals surface area contributed by atoms with Crippen molar-refractivity contribution in [3.63, 3.8) is 0 Å². The number of ether oxygens (including phenoxy) is 1. The molecule has 0 unspecified atom stereocenters. The van der Waals surface area contributed by atoms with Crippen LogP contribution in [0.1, 0.15) is 44.6 Å². The molecule has 0 heterocycles. The first-order valence-electron chi connectivity index (χ1n) is 8.91. The Kier molecular flexibility index (Phi) is 5.09. The molecule has 0 atom stereocenters. The van der Waals surface area contributed by atoms with E-state index in [4.69, 9.17) is 9.73 Å². The Morgan fingerprint density at radius 3 is 2.65 bits per heavy atom. The van der Waals surface area contributed by atoms with Gasteiger partial charge in [-0.2, -0.15) is 0 Å². The molecule has 2 aliphatic rings. The summed E-state index contributed by atoms with van der Waals surface area (Å²) in [5.41, 5.74) is 1.67. The van der Waals surface area contributed by atoms with Gasteiger partial charge in [-0.3, -0.25) is 0 Å². The molecule has 0 aliphatic heterocycles. The van der Waals surface area contributed by atoms with Gasteiger partial charge in [-0.05, 0) is 50.0 Å². The molecular formula is C19H29N3O. The minimum absolute atomic E-state index is 0.556. The average molecular weight is 315 g/mol. The van der Waals surface area contributed by atoms with Crippen LogP contribution in [0, 0.1) is 11.3 Å². The van der Waals surface area contributed by atoms with E-state index in [0.717, 1.165) is 36.3 Å². The predicted octanol–water partition coefficient (Wildman–Crippen LogP) is 3.33. The van der Waals surface area contributed by atoms with Gasteiger partial charge in [0.05, 0.1) is 13.7 Å². The molecule has 0 radical (unpaired) electrons. The topological polar surface area (TPSA) is 45.7 Å². The van der Waals surface area contributed by atoms with Crippen molar-refractivity contribution in [2.24, 2.45) is 16.3 Å². The van der Waals surface area contributed by atoms with Crippen molar-refractivity contribution in [3.8, 4) is 5.75 Å². The Hall–Kier alpha value is -1.71. The van der Waals surface area contributed by atoms with E-state index in [1.165, 1.54) is 32.1 Å². The van der Waals surface area contributed by atoms with Crippen molar-refractivity contribution in [2.45, 2.75) is 45.6 Å². The zero-order valence-electron chi connectivity index (χ0n) is 14.4. The molecule has 2 N–H and O–H groups in total. The third kappa shape index (κ3) is 3.80. The van der Waals surface area contributed by atoms with Gasteiger partial charge in [0.2, 0.25) is 0 Å². The summed E-state index contributed by atoms with van der Waals surface area (Å²) in [6, 6.07) is 8.08. The number of nitrogens with zero attached hydrogens (tertiary/aromatic N) is 1. The Morgan fingerprint density at radius 1 is 1.26 bits per heavy atom. The van der Waals surface area contributed by atoms with E-state index in [0.29, 0.717) is 12.0 Å². The van der Waals surface area contributed by atoms with Crippen LogP contribution in [-0.2, 0) is 6.54 Å². The molecule has 23 heavy (non-hydrogen) atoms. The third-order valence-corrected chi connectivity index (χ3v) is 5.34. The molecule has 1 aromatic carbocycles. The van der Waals surface area contributed by atoms with Crippen LogP contribution < -0.4 is 15.4 Å². The lowest BCUT2D eigenvalue weighted by Gasteiger charge is -2.43. The summed E-state index contributed by atoms with van der Waals surface area (Å²) >= 11 is 0. The molecule has 0 spiro atoms. The van der Waals surface area contributed by atoms with Crippen molar-refractivity contribution in [1.82, 2.24) is 10.6 Å². The fraction of sp³-hybridized carbons (Fsp3) is 0.632. The molecule has 2 aliphatic carbocycles. The molecule has 0 bridgehead atoms. The highest BCUT2D eigenvalue weighted by atomic mass is 16.5. The lowest BCUT2D eigenvalue weighted by molar-refractivity contribution is 0.106. The summed E-state index contributed by atoms with van der Waals surface area (Å²) in [4.78, 5) is 4.75. The summed E-state index contributed by atoms with van der Waals surface area (Å²) in [6.45, 7) is 4.69. The highest BCUT2D eigenvalue weighted by Crippen LogP contribution is 2.56. The van der Waals surface area contributed by atoms with Crippen molar-refractivity contribution in [3.05, 3.63) is 29.8 Å². The fourth-order valence-corrected chi connectivity index (χ4v) is 3.66. The van der Waals surface area contributed by atoms with Gasteiger partial charge in [-0.25, -0.2) is 4.99 Å². The quantitative estimate of drug-likeness (QED) is 0.599. The summed E-state index contributed by atoms with van der Waals surface area (Å²) in [5, 5.41) is 6.96. The van der Waals surface area contributed by atoms with E-state index in [9.17, 15) is 0 Å². The van der Waals surface area contributed by atoms with Gasteiger partial charge in [0.15, 0.2) is 5.96 Å². The molecule has 0 aromatic heterocycles. The first-order valence-corrected chi connectivity index (χ1v) is 8.91. The first kappa shape index (κ1) is 16.2. The summed E-state index contributed by atoms with van der Waals surface area (Å²) in [6.07, 6.45) is 7.02. The Bertz CT molecular complexity index is 547. The number of para-hydroxylation sites is 1. The van der Waals surface area contributed by atoms with Crippen LogP contribution in [0.2, 0.25) is 0 Å². The Balaban J connectivity index is 1.61. The van der Waals surface area contributed by atoms with Crippen LogP contribution in [0.3, 0.4) is 0 Å². The van der Waals surface area contributed by atoms with E-state index >= 15 is 0 Å². The van der Waals surface area contributed by atoms with E-state index in [1.54, 1.807) is 7.11 Å². The minimum atomic E-state index is 0.556. The normalized spacial score (nSPS) is 19.8. The van der Waals surface area contributed by atoms with E-state index in [-0.39, 0.29) is 0 Å². The number of aliphatic imine (C=N–C) groups is 1. The molecule has 1 aromatic rings. The summed E-state index contributed by atoms with van der Waals surface area (Å²) in [5.74, 6) is 2.78. The van der Waals surface area contributed by atoms with Crippen LogP contribution in [0.4, 0.5) is 0 Å². The van der Waals surface area contributed by atoms with E-state index < -0.39 is 0 Å². The van der Waals surface area contributed by atoms with Crippen LogP contribution >= 0.6 is 0 Å². The third-order valence-electron chi connectivity index (χ3n) is 5.34. The molecule has 3 rings (SSSR count). The molecule has 4 heteroatoms. The second kappa shape index (κ2) is 7.24. The van der Waals surface area contributed by atoms with Crippen molar-refractivity contribution < 1.29 is 4.74 Å². The Morgan fingerprint density at radius 2 is 2.04 bits per heavy atom. The van der Waals surface area contributed by atoms with Gasteiger partial charge < -0.3 is 15.4 Å². The maximum atomic E-state index is 5.41. The highest BCUT2D eigenvalue weighted by molar-refractivity contribution is 5.79. The average Bonchev–Trinajstić information content (AvgIpc) is 3.37. The van der Waals surface area contributed by atoms with Gasteiger partial charge in [0.1, 0.15) is 5.75 Å². The zero-order chi connectivity index (χ0) is 16.1. The van der Waals surface area contributed by atoms with Gasteiger partial charge >= 0.3 is 0 Å². The SMILES string of the molecule is CCNC(=NCc1ccccc1OC)NCC1(C2CC2)CCC1. The number of benzene rings is 1. The molecule has 4 nitrogen and oxygen atoms in total. The number of guanidine groups is 1. The minimum Gasteiger partial charge on any atom is -0.496 e. The van der Waals surface area contributed by atoms with Crippen LogP contribution in [0.15, 0.2) is 29.3 Å². The molecule has 2 fully saturated rings. The molecule has 0 amide bonds. The molecular weight excluding hydrogens is 286 g/mol. The standard InChI is InChI=1S/C19H29N3O/c1-3-20-18(21-13-15-7-4-5-8-17(15)23-2)22-14-19(11-6-12-19)16-9-10-16/h4-5,7-8,16H,3,6,9-14H2,1-2H3,(H2,20,21,22). The fourth-order valence-electron chi connectivity index (χ4n) is 3.66. The second-order valence-electron chi connectivity index (χ2n) is 6.85. The largest absolute Gasteiger partial charge is 0.496 e. The first-order chi connectivity index (χ1) is 11.3. The smallest absolute Gasteiger partial charge is 0.191 e. The van der Waals surface area contributed by atoms with Crippen molar-refractivity contribution in [2.75, 3.05) is 20.2 Å². The summed E-state index contributed by atoms with van der Waals surface area (Å²) < 4.78 is 5.41. The molecule has 2 saturated carbocycles. The van der Waals surface area contributed by atoms with E-state index in [1.807, 2.05) is 18.2 Å². The molecule has 126 valence electrons. The van der Waals surface area contributed by atoms with Crippen molar-refractivity contribution >= 4 is 5.96 Å². The monoisotopic (exact) mass is 315 g/mol. The number of methoxy groups -OCH3 is 1. The maximum absolute atomic E-state index is 5.41. The highest BCUT2D eigenvalue weighted by Gasteiger charge is 2.48. The second-order valence-corrected chi connectivity index (χ2v) is 6.85. The number of rotatable bonds is 7. The Labute approximate surface area is 139 Å². The van der Waals surface area contributed by atoms with Crippen LogP contribution in [-0.4, -0.2) is 26.2 Å². The predicted molar refractivity (Wildman–Crippen MR) is 94.8 cm³/mol. The lowest BCUT2D eigenvalue weighted by atomic mass is 9.65. The molecule has 0 saturated heterocycles. The zero-order valence-corrected chi connectivity index (χ0v) is 14.4. The van der Waals surface area contributed by atoms with Gasteiger partial charge in [0, 0.05) is 18.7 Å². The van der Waals surface area contributed by atoms with Crippen LogP contribution in [0.5, 0.6) is 5.75 Å². The lowest BCUT2D eigenvalue weighted by Crippen LogP contribution is -2.47. The van der Waals surface area contributed by atoms with Gasteiger partial charge in [-0.1, -0.05) is 24.6 Å². The van der Waals surface area contributed by atoms with E-state index in [2.05, 4.69) is 23.6 Å². The number of nitrogens with one attached hydrogen (secondary N) is 2. The summed E-state index contributed by atoms with van der Waals surface area (Å²) in [7, 11) is 1.71. The van der Waals surface area contributed by atoms with Gasteiger partial charge in [0.25, 0.3) is 0 Å². The van der Waals surface area contributed by atoms with Gasteiger partial charge in [-0.15, -0.1) is 0 Å². The van der Waals surface area contributed by atoms with Crippen molar-refractivity contribution in [1.29, 1.82) is 0 Å².